The van der Waals surface area contributed by atoms with Gasteiger partial charge in [0.05, 0.1) is 0 Å². The third-order valence-corrected chi connectivity index (χ3v) is 2.45. The van der Waals surface area contributed by atoms with Crippen LogP contribution in [0.1, 0.15) is 30.3 Å². The van der Waals surface area contributed by atoms with Gasteiger partial charge < -0.3 is 4.42 Å². The molecule has 0 aromatic carbocycles. The summed E-state index contributed by atoms with van der Waals surface area (Å²) in [5.41, 5.74) is 4.78. The van der Waals surface area contributed by atoms with E-state index in [2.05, 4.69) is 32.1 Å². The van der Waals surface area contributed by atoms with Crippen LogP contribution < -0.4 is 16.2 Å². The first kappa shape index (κ1) is 14.7. The van der Waals surface area contributed by atoms with Gasteiger partial charge in [0.25, 0.3) is 5.91 Å². The monoisotopic (exact) mass is 333 g/mol. The van der Waals surface area contributed by atoms with E-state index in [9.17, 15) is 9.59 Å². The van der Waals surface area contributed by atoms with Crippen molar-refractivity contribution in [1.82, 2.24) is 16.2 Å². The molecule has 0 radical (unpaired) electrons. The molecule has 1 aromatic heterocycles. The van der Waals surface area contributed by atoms with Crippen molar-refractivity contribution in [1.29, 1.82) is 0 Å². The number of rotatable bonds is 3. The van der Waals surface area contributed by atoms with E-state index < -0.39 is 5.91 Å². The summed E-state index contributed by atoms with van der Waals surface area (Å²) >= 11 is 7.91. The molecule has 1 aromatic rings. The van der Waals surface area contributed by atoms with Crippen LogP contribution in [0.15, 0.2) is 21.2 Å². The van der Waals surface area contributed by atoms with Gasteiger partial charge in [0, 0.05) is 6.42 Å². The Labute approximate surface area is 118 Å². The van der Waals surface area contributed by atoms with Gasteiger partial charge in [0.1, 0.15) is 0 Å². The highest BCUT2D eigenvalue weighted by atomic mass is 79.9. The molecule has 0 aliphatic rings. The second kappa shape index (κ2) is 7.12. The molecule has 0 fully saturated rings. The van der Waals surface area contributed by atoms with Gasteiger partial charge in [-0.25, -0.2) is 0 Å². The summed E-state index contributed by atoms with van der Waals surface area (Å²) in [5.74, 6) is -0.580. The van der Waals surface area contributed by atoms with Gasteiger partial charge in [0.2, 0.25) is 5.91 Å². The highest BCUT2D eigenvalue weighted by Gasteiger charge is 2.12. The molecule has 0 unspecified atom stereocenters. The lowest BCUT2D eigenvalue weighted by Crippen LogP contribution is -2.48. The van der Waals surface area contributed by atoms with Crippen molar-refractivity contribution in [2.75, 3.05) is 0 Å². The van der Waals surface area contributed by atoms with E-state index in [0.717, 1.165) is 6.42 Å². The average Bonchev–Trinajstić information content (AvgIpc) is 2.74. The van der Waals surface area contributed by atoms with Crippen molar-refractivity contribution in [3.05, 3.63) is 22.6 Å². The number of carbonyl (C=O) groups is 2. The summed E-state index contributed by atoms with van der Waals surface area (Å²) in [6.45, 7) is 1.88. The van der Waals surface area contributed by atoms with Gasteiger partial charge in [-0.15, -0.1) is 0 Å². The number of hydrogen-bond acceptors (Lipinski definition) is 4. The van der Waals surface area contributed by atoms with Gasteiger partial charge in [-0.1, -0.05) is 6.92 Å². The third-order valence-electron chi connectivity index (χ3n) is 1.82. The van der Waals surface area contributed by atoms with Crippen LogP contribution in [0, 0.1) is 0 Å². The fourth-order valence-corrected chi connectivity index (χ4v) is 1.50. The fraction of sp³-hybridized carbons (Fsp3) is 0.300. The van der Waals surface area contributed by atoms with Crippen LogP contribution >= 0.6 is 28.1 Å². The van der Waals surface area contributed by atoms with E-state index >= 15 is 0 Å². The molecule has 2 amide bonds. The van der Waals surface area contributed by atoms with E-state index in [1.54, 1.807) is 6.07 Å². The quantitative estimate of drug-likeness (QED) is 0.576. The Morgan fingerprint density at radius 2 is 2.11 bits per heavy atom. The Morgan fingerprint density at radius 3 is 2.67 bits per heavy atom. The zero-order valence-electron chi connectivity index (χ0n) is 9.58. The van der Waals surface area contributed by atoms with E-state index in [0.29, 0.717) is 11.1 Å². The molecule has 0 aliphatic heterocycles. The Kier molecular flexibility index (Phi) is 5.79. The molecule has 1 heterocycles. The van der Waals surface area contributed by atoms with Gasteiger partial charge in [-0.2, -0.15) is 0 Å². The maximum Gasteiger partial charge on any atom is 0.293 e. The second-order valence-corrected chi connectivity index (χ2v) is 4.50. The Bertz CT molecular complexity index is 461. The molecule has 1 rings (SSSR count). The molecule has 0 saturated carbocycles. The van der Waals surface area contributed by atoms with Crippen LogP contribution in [0.4, 0.5) is 0 Å². The van der Waals surface area contributed by atoms with E-state index in [1.807, 2.05) is 6.92 Å². The number of furan rings is 1. The number of hydrogen-bond donors (Lipinski definition) is 3. The summed E-state index contributed by atoms with van der Waals surface area (Å²) in [6, 6.07) is 3.09. The number of amides is 2. The molecule has 3 N–H and O–H groups in total. The third kappa shape index (κ3) is 4.84. The number of thiocarbonyl (C=S) groups is 1. The van der Waals surface area contributed by atoms with Crippen LogP contribution in [-0.2, 0) is 4.79 Å². The van der Waals surface area contributed by atoms with E-state index in [4.69, 9.17) is 16.6 Å². The maximum atomic E-state index is 11.6. The van der Waals surface area contributed by atoms with Crippen molar-refractivity contribution in [3.8, 4) is 0 Å². The van der Waals surface area contributed by atoms with E-state index in [-0.39, 0.29) is 16.8 Å². The summed E-state index contributed by atoms with van der Waals surface area (Å²) < 4.78 is 5.49. The summed E-state index contributed by atoms with van der Waals surface area (Å²) in [7, 11) is 0. The first-order valence-corrected chi connectivity index (χ1v) is 6.38. The topological polar surface area (TPSA) is 83.4 Å². The summed E-state index contributed by atoms with van der Waals surface area (Å²) in [4.78, 5) is 22.7. The first-order chi connectivity index (χ1) is 8.52. The molecular weight excluding hydrogens is 322 g/mol. The van der Waals surface area contributed by atoms with Crippen LogP contribution in [0.5, 0.6) is 0 Å². The maximum absolute atomic E-state index is 11.6. The molecule has 8 heteroatoms. The lowest BCUT2D eigenvalue weighted by atomic mass is 10.3. The van der Waals surface area contributed by atoms with Crippen LogP contribution in [0.3, 0.4) is 0 Å². The molecule has 98 valence electrons. The Hall–Kier alpha value is -1.41. The van der Waals surface area contributed by atoms with Crippen LogP contribution in [0.25, 0.3) is 0 Å². The normalized spacial score (nSPS) is 9.67. The molecule has 0 bridgehead atoms. The molecule has 0 spiro atoms. The Balaban J connectivity index is 2.36. The van der Waals surface area contributed by atoms with Crippen LogP contribution in [-0.4, -0.2) is 16.9 Å². The number of halogens is 1. The molecule has 0 aliphatic carbocycles. The standard InChI is InChI=1S/C10H12BrN3O3S/c1-2-3-8(15)13-14-10(18)12-9(16)6-4-5-7(11)17-6/h4-5H,2-3H2,1H3,(H,13,15)(H2,12,14,16,18). The number of hydrazine groups is 1. The van der Waals surface area contributed by atoms with Crippen molar-refractivity contribution < 1.29 is 14.0 Å². The lowest BCUT2D eigenvalue weighted by Gasteiger charge is -2.09. The van der Waals surface area contributed by atoms with Gasteiger partial charge in [-0.05, 0) is 46.7 Å². The van der Waals surface area contributed by atoms with Gasteiger partial charge in [-0.3, -0.25) is 25.8 Å². The minimum Gasteiger partial charge on any atom is -0.444 e. The van der Waals surface area contributed by atoms with Crippen molar-refractivity contribution in [2.45, 2.75) is 19.8 Å². The van der Waals surface area contributed by atoms with Crippen molar-refractivity contribution >= 4 is 45.1 Å². The minimum absolute atomic E-state index is 0.00280. The Morgan fingerprint density at radius 1 is 1.39 bits per heavy atom. The van der Waals surface area contributed by atoms with Crippen molar-refractivity contribution in [3.63, 3.8) is 0 Å². The molecular formula is C10H12BrN3O3S. The minimum atomic E-state index is -0.497. The molecule has 6 nitrogen and oxygen atoms in total. The second-order valence-electron chi connectivity index (χ2n) is 3.31. The largest absolute Gasteiger partial charge is 0.444 e. The average molecular weight is 334 g/mol. The zero-order chi connectivity index (χ0) is 13.5. The first-order valence-electron chi connectivity index (χ1n) is 5.18. The predicted molar refractivity (Wildman–Crippen MR) is 72.7 cm³/mol. The molecule has 18 heavy (non-hydrogen) atoms. The summed E-state index contributed by atoms with van der Waals surface area (Å²) in [5, 5.41) is 2.36. The number of nitrogens with one attached hydrogen (secondary N) is 3. The highest BCUT2D eigenvalue weighted by Crippen LogP contribution is 2.13. The fourth-order valence-electron chi connectivity index (χ4n) is 1.05. The smallest absolute Gasteiger partial charge is 0.293 e. The summed E-state index contributed by atoms with van der Waals surface area (Å²) in [6.07, 6.45) is 1.11. The highest BCUT2D eigenvalue weighted by molar-refractivity contribution is 9.10. The zero-order valence-corrected chi connectivity index (χ0v) is 12.0. The van der Waals surface area contributed by atoms with Gasteiger partial charge in [0.15, 0.2) is 15.5 Å². The molecule has 0 saturated heterocycles. The number of carbonyl (C=O) groups excluding carboxylic acids is 2. The van der Waals surface area contributed by atoms with Crippen molar-refractivity contribution in [2.24, 2.45) is 0 Å². The predicted octanol–water partition coefficient (Wildman–Crippen LogP) is 1.48. The molecule has 0 atom stereocenters. The lowest BCUT2D eigenvalue weighted by molar-refractivity contribution is -0.121. The van der Waals surface area contributed by atoms with Crippen LogP contribution in [0.2, 0.25) is 0 Å². The van der Waals surface area contributed by atoms with Gasteiger partial charge >= 0.3 is 0 Å². The van der Waals surface area contributed by atoms with E-state index in [1.165, 1.54) is 6.07 Å². The SMILES string of the molecule is CCCC(=O)NNC(=S)NC(=O)c1ccc(Br)o1.